The van der Waals surface area contributed by atoms with Gasteiger partial charge in [0, 0.05) is 18.7 Å². The Morgan fingerprint density at radius 3 is 3.00 bits per heavy atom. The number of hydrogen-bond acceptors (Lipinski definition) is 4. The zero-order chi connectivity index (χ0) is 12.7. The molecule has 0 atom stereocenters. The normalized spacial score (nSPS) is 9.41. The van der Waals surface area contributed by atoms with Crippen molar-refractivity contribution in [3.63, 3.8) is 0 Å². The van der Waals surface area contributed by atoms with Crippen molar-refractivity contribution < 1.29 is 9.53 Å². The van der Waals surface area contributed by atoms with Crippen LogP contribution in [0.15, 0.2) is 18.2 Å². The first-order chi connectivity index (χ1) is 8.19. The van der Waals surface area contributed by atoms with Gasteiger partial charge in [-0.25, -0.2) is 0 Å². The number of amides is 1. The summed E-state index contributed by atoms with van der Waals surface area (Å²) < 4.78 is 5.02. The number of carbonyl (C=O) groups excluding carboxylic acids is 1. The summed E-state index contributed by atoms with van der Waals surface area (Å²) in [6.07, 6.45) is 1.06. The molecule has 0 aliphatic heterocycles. The van der Waals surface area contributed by atoms with Gasteiger partial charge < -0.3 is 15.8 Å². The van der Waals surface area contributed by atoms with E-state index in [1.54, 1.807) is 18.2 Å². The monoisotopic (exact) mass is 233 g/mol. The van der Waals surface area contributed by atoms with Crippen LogP contribution in [0, 0.1) is 11.3 Å². The smallest absolute Gasteiger partial charge is 0.253 e. The number of hydrogen-bond donors (Lipinski definition) is 2. The van der Waals surface area contributed by atoms with Gasteiger partial charge in [0.1, 0.15) is 5.75 Å². The van der Waals surface area contributed by atoms with Gasteiger partial charge in [-0.15, -0.1) is 0 Å². The standard InChI is InChI=1S/C12H15N3O2/c1-17-9-4-5-11(14)10(8-9)12(16)15-7-3-2-6-13/h4-5,8H,2-3,7,14H2,1H3,(H,15,16). The number of nitrogens with zero attached hydrogens (tertiary/aromatic N) is 1. The lowest BCUT2D eigenvalue weighted by atomic mass is 10.1. The van der Waals surface area contributed by atoms with Gasteiger partial charge in [0.2, 0.25) is 0 Å². The summed E-state index contributed by atoms with van der Waals surface area (Å²) in [6, 6.07) is 6.93. The third-order valence-corrected chi connectivity index (χ3v) is 2.26. The summed E-state index contributed by atoms with van der Waals surface area (Å²) >= 11 is 0. The average molecular weight is 233 g/mol. The summed E-state index contributed by atoms with van der Waals surface area (Å²) in [7, 11) is 1.53. The highest BCUT2D eigenvalue weighted by Gasteiger charge is 2.10. The van der Waals surface area contributed by atoms with Gasteiger partial charge in [0.15, 0.2) is 0 Å². The predicted molar refractivity (Wildman–Crippen MR) is 64.6 cm³/mol. The largest absolute Gasteiger partial charge is 0.497 e. The van der Waals surface area contributed by atoms with E-state index in [0.29, 0.717) is 36.4 Å². The molecular weight excluding hydrogens is 218 g/mol. The summed E-state index contributed by atoms with van der Waals surface area (Å²) in [5.41, 5.74) is 6.50. The number of nitriles is 1. The van der Waals surface area contributed by atoms with Crippen molar-refractivity contribution in [1.82, 2.24) is 5.32 Å². The molecule has 1 aromatic carbocycles. The van der Waals surface area contributed by atoms with Crippen molar-refractivity contribution in [2.45, 2.75) is 12.8 Å². The van der Waals surface area contributed by atoms with Crippen molar-refractivity contribution in [3.05, 3.63) is 23.8 Å². The number of rotatable bonds is 5. The average Bonchev–Trinajstić information content (AvgIpc) is 2.35. The molecule has 0 heterocycles. The molecule has 1 aromatic rings. The predicted octanol–water partition coefficient (Wildman–Crippen LogP) is 1.31. The van der Waals surface area contributed by atoms with Crippen LogP contribution in [-0.2, 0) is 0 Å². The van der Waals surface area contributed by atoms with Crippen molar-refractivity contribution in [2.24, 2.45) is 0 Å². The van der Waals surface area contributed by atoms with Crippen molar-refractivity contribution in [1.29, 1.82) is 5.26 Å². The van der Waals surface area contributed by atoms with E-state index in [-0.39, 0.29) is 5.91 Å². The molecule has 0 radical (unpaired) electrons. The Morgan fingerprint density at radius 1 is 1.59 bits per heavy atom. The Hall–Kier alpha value is -2.22. The lowest BCUT2D eigenvalue weighted by molar-refractivity contribution is 0.0954. The molecule has 1 rings (SSSR count). The maximum Gasteiger partial charge on any atom is 0.253 e. The van der Waals surface area contributed by atoms with Crippen molar-refractivity contribution in [2.75, 3.05) is 19.4 Å². The highest BCUT2D eigenvalue weighted by molar-refractivity contribution is 5.99. The second-order valence-electron chi connectivity index (χ2n) is 3.47. The number of carbonyl (C=O) groups is 1. The maximum absolute atomic E-state index is 11.8. The number of nitrogen functional groups attached to an aromatic ring is 1. The van der Waals surface area contributed by atoms with Crippen LogP contribution in [0.5, 0.6) is 5.75 Å². The van der Waals surface area contributed by atoms with Crippen LogP contribution in [0.3, 0.4) is 0 Å². The van der Waals surface area contributed by atoms with Gasteiger partial charge in [-0.2, -0.15) is 5.26 Å². The quantitative estimate of drug-likeness (QED) is 0.593. The van der Waals surface area contributed by atoms with Crippen LogP contribution in [0.2, 0.25) is 0 Å². The van der Waals surface area contributed by atoms with Crippen molar-refractivity contribution in [3.8, 4) is 11.8 Å². The van der Waals surface area contributed by atoms with E-state index < -0.39 is 0 Å². The molecule has 1 amide bonds. The van der Waals surface area contributed by atoms with E-state index in [9.17, 15) is 4.79 Å². The van der Waals surface area contributed by atoms with Crippen LogP contribution in [-0.4, -0.2) is 19.6 Å². The molecule has 17 heavy (non-hydrogen) atoms. The molecule has 5 heteroatoms. The minimum absolute atomic E-state index is 0.251. The first kappa shape index (κ1) is 12.8. The molecule has 0 fully saturated rings. The Bertz CT molecular complexity index is 438. The molecule has 0 aliphatic rings. The summed E-state index contributed by atoms with van der Waals surface area (Å²) in [5.74, 6) is 0.334. The van der Waals surface area contributed by atoms with Crippen LogP contribution in [0.25, 0.3) is 0 Å². The van der Waals surface area contributed by atoms with Gasteiger partial charge in [-0.3, -0.25) is 4.79 Å². The Kier molecular flexibility index (Phi) is 4.82. The van der Waals surface area contributed by atoms with Gasteiger partial charge in [0.05, 0.1) is 18.7 Å². The summed E-state index contributed by atoms with van der Waals surface area (Å²) in [6.45, 7) is 0.461. The Balaban J connectivity index is 2.65. The minimum Gasteiger partial charge on any atom is -0.497 e. The number of nitrogens with one attached hydrogen (secondary N) is 1. The third kappa shape index (κ3) is 3.68. The number of unbranched alkanes of at least 4 members (excludes halogenated alkanes) is 1. The Morgan fingerprint density at radius 2 is 2.35 bits per heavy atom. The Labute approximate surface area is 100 Å². The molecule has 3 N–H and O–H groups in total. The van der Waals surface area contributed by atoms with Gasteiger partial charge >= 0.3 is 0 Å². The molecule has 0 aromatic heterocycles. The van der Waals surface area contributed by atoms with E-state index >= 15 is 0 Å². The highest BCUT2D eigenvalue weighted by atomic mass is 16.5. The van der Waals surface area contributed by atoms with E-state index in [1.807, 2.05) is 6.07 Å². The van der Waals surface area contributed by atoms with Crippen LogP contribution in [0.1, 0.15) is 23.2 Å². The molecule has 0 bridgehead atoms. The van der Waals surface area contributed by atoms with E-state index in [4.69, 9.17) is 15.7 Å². The van der Waals surface area contributed by atoms with Crippen LogP contribution in [0.4, 0.5) is 5.69 Å². The van der Waals surface area contributed by atoms with Gasteiger partial charge in [-0.05, 0) is 24.6 Å². The van der Waals surface area contributed by atoms with Gasteiger partial charge in [0.25, 0.3) is 5.91 Å². The molecule has 0 unspecified atom stereocenters. The van der Waals surface area contributed by atoms with Gasteiger partial charge in [-0.1, -0.05) is 0 Å². The second-order valence-corrected chi connectivity index (χ2v) is 3.47. The summed E-state index contributed by atoms with van der Waals surface area (Å²) in [5, 5.41) is 11.1. The van der Waals surface area contributed by atoms with E-state index in [1.165, 1.54) is 7.11 Å². The molecule has 0 spiro atoms. The minimum atomic E-state index is -0.251. The third-order valence-electron chi connectivity index (χ3n) is 2.26. The van der Waals surface area contributed by atoms with Crippen molar-refractivity contribution >= 4 is 11.6 Å². The SMILES string of the molecule is COc1ccc(N)c(C(=O)NCCCC#N)c1. The molecule has 0 saturated carbocycles. The first-order valence-corrected chi connectivity index (χ1v) is 5.27. The molecule has 0 aliphatic carbocycles. The number of benzene rings is 1. The second kappa shape index (κ2) is 6.38. The number of nitrogens with two attached hydrogens (primary N) is 1. The molecule has 5 nitrogen and oxygen atoms in total. The van der Waals surface area contributed by atoms with Crippen LogP contribution < -0.4 is 15.8 Å². The van der Waals surface area contributed by atoms with Crippen LogP contribution >= 0.6 is 0 Å². The molecule has 0 saturated heterocycles. The topological polar surface area (TPSA) is 88.1 Å². The first-order valence-electron chi connectivity index (χ1n) is 5.27. The number of methoxy groups -OCH3 is 1. The van der Waals surface area contributed by atoms with E-state index in [2.05, 4.69) is 5.32 Å². The lowest BCUT2D eigenvalue weighted by Gasteiger charge is -2.08. The fourth-order valence-electron chi connectivity index (χ4n) is 1.32. The zero-order valence-corrected chi connectivity index (χ0v) is 9.69. The fourth-order valence-corrected chi connectivity index (χ4v) is 1.32. The number of ether oxygens (including phenoxy) is 1. The fraction of sp³-hybridized carbons (Fsp3) is 0.333. The lowest BCUT2D eigenvalue weighted by Crippen LogP contribution is -2.25. The van der Waals surface area contributed by atoms with E-state index in [0.717, 1.165) is 0 Å². The summed E-state index contributed by atoms with van der Waals surface area (Å²) in [4.78, 5) is 11.8. The zero-order valence-electron chi connectivity index (χ0n) is 9.69. The number of anilines is 1. The molecule has 90 valence electrons. The molecular formula is C12H15N3O2. The maximum atomic E-state index is 11.8. The highest BCUT2D eigenvalue weighted by Crippen LogP contribution is 2.19.